The third-order valence-electron chi connectivity index (χ3n) is 2.73. The van der Waals surface area contributed by atoms with Gasteiger partial charge in [0.15, 0.2) is 5.13 Å². The average molecular weight is 319 g/mol. The van der Waals surface area contributed by atoms with Crippen molar-refractivity contribution in [2.75, 3.05) is 12.4 Å². The number of nitrogens with one attached hydrogen (secondary N) is 2. The summed E-state index contributed by atoms with van der Waals surface area (Å²) in [7, 11) is 1.56. The highest BCUT2D eigenvalue weighted by atomic mass is 32.1. The molecule has 0 saturated carbocycles. The molecule has 7 heteroatoms. The van der Waals surface area contributed by atoms with Crippen molar-refractivity contribution in [1.82, 2.24) is 10.3 Å². The van der Waals surface area contributed by atoms with Gasteiger partial charge < -0.3 is 10.1 Å². The summed E-state index contributed by atoms with van der Waals surface area (Å²) in [5.74, 6) is 0.141. The van der Waals surface area contributed by atoms with Gasteiger partial charge in [0.25, 0.3) is 11.8 Å². The van der Waals surface area contributed by atoms with Gasteiger partial charge in [-0.15, -0.1) is 11.3 Å². The topological polar surface area (TPSA) is 80.3 Å². The van der Waals surface area contributed by atoms with E-state index in [1.807, 2.05) is 13.8 Å². The van der Waals surface area contributed by atoms with Crippen molar-refractivity contribution in [3.05, 3.63) is 40.9 Å². The van der Waals surface area contributed by atoms with Gasteiger partial charge in [0.1, 0.15) is 11.4 Å². The summed E-state index contributed by atoms with van der Waals surface area (Å²) >= 11 is 1.21. The molecule has 0 bridgehead atoms. The molecule has 2 aromatic rings. The van der Waals surface area contributed by atoms with Crippen molar-refractivity contribution in [2.45, 2.75) is 19.9 Å². The van der Waals surface area contributed by atoms with Crippen LogP contribution in [0, 0.1) is 0 Å². The Morgan fingerprint density at radius 1 is 1.18 bits per heavy atom. The van der Waals surface area contributed by atoms with E-state index in [0.717, 1.165) is 0 Å². The first kappa shape index (κ1) is 16.0. The fraction of sp³-hybridized carbons (Fsp3) is 0.267. The predicted octanol–water partition coefficient (Wildman–Crippen LogP) is 2.54. The zero-order valence-electron chi connectivity index (χ0n) is 12.5. The van der Waals surface area contributed by atoms with Crippen LogP contribution in [0.25, 0.3) is 0 Å². The second kappa shape index (κ2) is 7.04. The van der Waals surface area contributed by atoms with Crippen LogP contribution in [0.3, 0.4) is 0 Å². The number of carbonyl (C=O) groups excluding carboxylic acids is 2. The minimum Gasteiger partial charge on any atom is -0.497 e. The minimum absolute atomic E-state index is 0.0338. The maximum atomic E-state index is 12.1. The number of nitrogens with zero attached hydrogens (tertiary/aromatic N) is 1. The van der Waals surface area contributed by atoms with Gasteiger partial charge in [0.05, 0.1) is 7.11 Å². The summed E-state index contributed by atoms with van der Waals surface area (Å²) in [6, 6.07) is 6.77. The first-order valence-electron chi connectivity index (χ1n) is 6.71. The van der Waals surface area contributed by atoms with E-state index in [9.17, 15) is 9.59 Å². The lowest BCUT2D eigenvalue weighted by Gasteiger charge is -2.05. The third kappa shape index (κ3) is 4.05. The first-order valence-corrected chi connectivity index (χ1v) is 7.59. The van der Waals surface area contributed by atoms with Crippen LogP contribution in [0.1, 0.15) is 34.7 Å². The molecule has 0 aliphatic carbocycles. The van der Waals surface area contributed by atoms with E-state index in [2.05, 4.69) is 15.6 Å². The Hall–Kier alpha value is -2.41. The van der Waals surface area contributed by atoms with Gasteiger partial charge >= 0.3 is 0 Å². The third-order valence-corrected chi connectivity index (χ3v) is 3.49. The Labute approximate surface area is 132 Å². The Balaban J connectivity index is 2.02. The van der Waals surface area contributed by atoms with Gasteiger partial charge in [-0.1, -0.05) is 0 Å². The summed E-state index contributed by atoms with van der Waals surface area (Å²) in [5, 5.41) is 7.42. The average Bonchev–Trinajstić information content (AvgIpc) is 2.95. The van der Waals surface area contributed by atoms with Crippen LogP contribution in [0.15, 0.2) is 29.6 Å². The van der Waals surface area contributed by atoms with Crippen LogP contribution in [0.4, 0.5) is 5.13 Å². The van der Waals surface area contributed by atoms with Crippen LogP contribution >= 0.6 is 11.3 Å². The van der Waals surface area contributed by atoms with Crippen LogP contribution in [0.5, 0.6) is 5.75 Å². The zero-order chi connectivity index (χ0) is 16.1. The molecular weight excluding hydrogens is 302 g/mol. The lowest BCUT2D eigenvalue weighted by Crippen LogP contribution is -2.30. The van der Waals surface area contributed by atoms with Crippen LogP contribution in [0.2, 0.25) is 0 Å². The summed E-state index contributed by atoms with van der Waals surface area (Å²) in [4.78, 5) is 28.0. The molecule has 1 heterocycles. The molecule has 116 valence electrons. The Bertz CT molecular complexity index is 665. The monoisotopic (exact) mass is 319 g/mol. The molecule has 0 aliphatic rings. The first-order chi connectivity index (χ1) is 10.5. The number of ether oxygens (including phenoxy) is 1. The standard InChI is InChI=1S/C15H17N3O3S/c1-9(2)16-14(20)12-8-22-15(17-12)18-13(19)10-4-6-11(21-3)7-5-10/h4-9H,1-3H3,(H,16,20)(H,17,18,19). The number of thiazole rings is 1. The molecule has 0 spiro atoms. The zero-order valence-corrected chi connectivity index (χ0v) is 13.4. The van der Waals surface area contributed by atoms with E-state index in [4.69, 9.17) is 4.74 Å². The van der Waals surface area contributed by atoms with Crippen molar-refractivity contribution in [3.8, 4) is 5.75 Å². The molecule has 1 aromatic carbocycles. The Morgan fingerprint density at radius 3 is 2.45 bits per heavy atom. The van der Waals surface area contributed by atoms with E-state index in [0.29, 0.717) is 22.1 Å². The van der Waals surface area contributed by atoms with E-state index < -0.39 is 0 Å². The minimum atomic E-state index is -0.284. The number of carbonyl (C=O) groups is 2. The molecule has 2 rings (SSSR count). The van der Waals surface area contributed by atoms with Gasteiger partial charge in [-0.2, -0.15) is 0 Å². The van der Waals surface area contributed by atoms with Crippen LogP contribution in [-0.4, -0.2) is 29.9 Å². The second-order valence-electron chi connectivity index (χ2n) is 4.85. The molecule has 0 aliphatic heterocycles. The number of rotatable bonds is 5. The van der Waals surface area contributed by atoms with E-state index in [1.54, 1.807) is 36.8 Å². The SMILES string of the molecule is COc1ccc(C(=O)Nc2nc(C(=O)NC(C)C)cs2)cc1. The molecule has 0 fully saturated rings. The molecule has 1 aromatic heterocycles. The van der Waals surface area contributed by atoms with Gasteiger partial charge in [-0.05, 0) is 38.1 Å². The summed E-state index contributed by atoms with van der Waals surface area (Å²) in [5.41, 5.74) is 0.785. The number of anilines is 1. The van der Waals surface area contributed by atoms with Gasteiger partial charge in [0.2, 0.25) is 0 Å². The van der Waals surface area contributed by atoms with E-state index >= 15 is 0 Å². The van der Waals surface area contributed by atoms with E-state index in [1.165, 1.54) is 11.3 Å². The van der Waals surface area contributed by atoms with Crippen LogP contribution < -0.4 is 15.4 Å². The quantitative estimate of drug-likeness (QED) is 0.887. The number of benzene rings is 1. The van der Waals surface area contributed by atoms with Crippen molar-refractivity contribution >= 4 is 28.3 Å². The van der Waals surface area contributed by atoms with Crippen molar-refractivity contribution in [2.24, 2.45) is 0 Å². The number of methoxy groups -OCH3 is 1. The Kier molecular flexibility index (Phi) is 5.11. The number of hydrogen-bond acceptors (Lipinski definition) is 5. The highest BCUT2D eigenvalue weighted by Gasteiger charge is 2.13. The lowest BCUT2D eigenvalue weighted by molar-refractivity contribution is 0.0937. The smallest absolute Gasteiger partial charge is 0.271 e. The highest BCUT2D eigenvalue weighted by Crippen LogP contribution is 2.17. The van der Waals surface area contributed by atoms with Crippen LogP contribution in [-0.2, 0) is 0 Å². The molecule has 0 atom stereocenters. The number of aromatic nitrogens is 1. The van der Waals surface area contributed by atoms with Crippen molar-refractivity contribution < 1.29 is 14.3 Å². The second-order valence-corrected chi connectivity index (χ2v) is 5.71. The van der Waals surface area contributed by atoms with Gasteiger partial charge in [-0.25, -0.2) is 4.98 Å². The van der Waals surface area contributed by atoms with Gasteiger partial charge in [-0.3, -0.25) is 14.9 Å². The van der Waals surface area contributed by atoms with Crippen molar-refractivity contribution in [1.29, 1.82) is 0 Å². The fourth-order valence-electron chi connectivity index (χ4n) is 1.68. The van der Waals surface area contributed by atoms with Gasteiger partial charge in [0, 0.05) is 17.0 Å². The van der Waals surface area contributed by atoms with Crippen molar-refractivity contribution in [3.63, 3.8) is 0 Å². The maximum absolute atomic E-state index is 12.1. The fourth-order valence-corrected chi connectivity index (χ4v) is 2.37. The predicted molar refractivity (Wildman–Crippen MR) is 85.7 cm³/mol. The molecular formula is C15H17N3O3S. The highest BCUT2D eigenvalue weighted by molar-refractivity contribution is 7.14. The molecule has 0 unspecified atom stereocenters. The number of hydrogen-bond donors (Lipinski definition) is 2. The summed E-state index contributed by atoms with van der Waals surface area (Å²) in [6.07, 6.45) is 0. The summed E-state index contributed by atoms with van der Waals surface area (Å²) in [6.45, 7) is 3.74. The normalized spacial score (nSPS) is 10.4. The Morgan fingerprint density at radius 2 is 1.86 bits per heavy atom. The molecule has 6 nitrogen and oxygen atoms in total. The lowest BCUT2D eigenvalue weighted by atomic mass is 10.2. The molecule has 0 radical (unpaired) electrons. The molecule has 2 amide bonds. The maximum Gasteiger partial charge on any atom is 0.271 e. The summed E-state index contributed by atoms with van der Waals surface area (Å²) < 4.78 is 5.04. The molecule has 0 saturated heterocycles. The largest absolute Gasteiger partial charge is 0.497 e. The number of amides is 2. The van der Waals surface area contributed by atoms with E-state index in [-0.39, 0.29) is 17.9 Å². The molecule has 2 N–H and O–H groups in total. The molecule has 22 heavy (non-hydrogen) atoms.